The number of nitriles is 2. The second-order valence-corrected chi connectivity index (χ2v) is 5.06. The molecule has 0 spiro atoms. The van der Waals surface area contributed by atoms with Gasteiger partial charge in [-0.2, -0.15) is 10.5 Å². The number of nitrogens with two attached hydrogens (primary N) is 1. The molecule has 0 bridgehead atoms. The first kappa shape index (κ1) is 18.7. The van der Waals surface area contributed by atoms with E-state index in [1.165, 1.54) is 21.3 Å². The molecule has 3 N–H and O–H groups in total. The van der Waals surface area contributed by atoms with Crippen LogP contribution in [0.25, 0.3) is 11.1 Å². The molecule has 0 atom stereocenters. The number of hydrogen-bond acceptors (Lipinski definition) is 7. The first-order chi connectivity index (χ1) is 12.6. The molecule has 8 nitrogen and oxygen atoms in total. The van der Waals surface area contributed by atoms with Crippen LogP contribution in [0.3, 0.4) is 0 Å². The predicted octanol–water partition coefficient (Wildman–Crippen LogP) is 1.92. The summed E-state index contributed by atoms with van der Waals surface area (Å²) in [5, 5.41) is 19.3. The van der Waals surface area contributed by atoms with Crippen LogP contribution in [0.2, 0.25) is 0 Å². The van der Waals surface area contributed by atoms with E-state index in [0.717, 1.165) is 0 Å². The Morgan fingerprint density at radius 2 is 1.54 bits per heavy atom. The molecule has 0 unspecified atom stereocenters. The largest absolute Gasteiger partial charge is 0.496 e. The summed E-state index contributed by atoms with van der Waals surface area (Å²) in [6.07, 6.45) is 0. The smallest absolute Gasteiger partial charge is 0.301 e. The van der Waals surface area contributed by atoms with Gasteiger partial charge in [0, 0.05) is 17.7 Å². The van der Waals surface area contributed by atoms with Gasteiger partial charge in [0.2, 0.25) is 0 Å². The number of pyridine rings is 1. The van der Waals surface area contributed by atoms with Crippen LogP contribution in [-0.4, -0.2) is 27.9 Å². The monoisotopic (exact) mass is 355 g/mol. The molecule has 2 rings (SSSR count). The first-order valence-electron chi connectivity index (χ1n) is 7.68. The lowest BCUT2D eigenvalue weighted by molar-refractivity contribution is -0.377. The zero-order valence-electron chi connectivity index (χ0n) is 15.0. The molecular formula is C18H19N4O4+. The number of aromatic nitrogens is 1. The summed E-state index contributed by atoms with van der Waals surface area (Å²) in [6.45, 7) is 2.09. The van der Waals surface area contributed by atoms with Crippen molar-refractivity contribution in [2.45, 2.75) is 6.92 Å². The molecule has 1 aromatic carbocycles. The minimum atomic E-state index is 0.0740. The van der Waals surface area contributed by atoms with Gasteiger partial charge in [-0.3, -0.25) is 5.73 Å². The summed E-state index contributed by atoms with van der Waals surface area (Å²) < 4.78 is 21.6. The predicted molar refractivity (Wildman–Crippen MR) is 93.1 cm³/mol. The van der Waals surface area contributed by atoms with Crippen LogP contribution < -0.4 is 29.7 Å². The van der Waals surface area contributed by atoms with Crippen molar-refractivity contribution in [3.63, 3.8) is 0 Å². The number of nitrogens with one attached hydrogen (secondary N) is 1. The number of benzene rings is 1. The van der Waals surface area contributed by atoms with Crippen molar-refractivity contribution in [2.75, 3.05) is 33.7 Å². The summed E-state index contributed by atoms with van der Waals surface area (Å²) in [5.41, 5.74) is 6.88. The molecule has 0 amide bonds. The molecule has 134 valence electrons. The lowest BCUT2D eigenvalue weighted by Gasteiger charge is -2.17. The molecule has 8 heteroatoms. The fourth-order valence-electron chi connectivity index (χ4n) is 2.60. The van der Waals surface area contributed by atoms with Gasteiger partial charge < -0.3 is 18.9 Å². The lowest BCUT2D eigenvalue weighted by Crippen LogP contribution is -2.19. The molecular weight excluding hydrogens is 336 g/mol. The average molecular weight is 355 g/mol. The summed E-state index contributed by atoms with van der Waals surface area (Å²) in [5.74, 6) is 1.47. The highest BCUT2D eigenvalue weighted by Crippen LogP contribution is 2.46. The van der Waals surface area contributed by atoms with Crippen LogP contribution in [0.5, 0.6) is 23.1 Å². The van der Waals surface area contributed by atoms with Gasteiger partial charge in [-0.05, 0) is 6.92 Å². The van der Waals surface area contributed by atoms with E-state index in [4.69, 9.17) is 24.7 Å². The van der Waals surface area contributed by atoms with Crippen LogP contribution in [-0.2, 0) is 0 Å². The fourth-order valence-corrected chi connectivity index (χ4v) is 2.60. The van der Waals surface area contributed by atoms with Crippen LogP contribution in [0, 0.1) is 22.7 Å². The summed E-state index contributed by atoms with van der Waals surface area (Å²) >= 11 is 0. The van der Waals surface area contributed by atoms with E-state index < -0.39 is 0 Å². The van der Waals surface area contributed by atoms with E-state index in [0.29, 0.717) is 29.4 Å². The van der Waals surface area contributed by atoms with Gasteiger partial charge in [0.25, 0.3) is 5.82 Å². The van der Waals surface area contributed by atoms with E-state index in [1.54, 1.807) is 19.1 Å². The number of ether oxygens (including phenoxy) is 4. The number of anilines is 1. The maximum Gasteiger partial charge on any atom is 0.301 e. The van der Waals surface area contributed by atoms with E-state index in [9.17, 15) is 10.5 Å². The number of H-pyrrole nitrogens is 1. The van der Waals surface area contributed by atoms with E-state index in [2.05, 4.69) is 11.1 Å². The van der Waals surface area contributed by atoms with Crippen LogP contribution in [0.15, 0.2) is 12.1 Å². The Hall–Kier alpha value is -3.65. The number of hydrogen-bond donors (Lipinski definition) is 1. The third kappa shape index (κ3) is 3.13. The maximum atomic E-state index is 9.72. The molecule has 0 radical (unpaired) electrons. The molecule has 0 aliphatic rings. The Kier molecular flexibility index (Phi) is 5.71. The maximum absolute atomic E-state index is 9.72. The van der Waals surface area contributed by atoms with Crippen molar-refractivity contribution in [3.8, 4) is 46.4 Å². The van der Waals surface area contributed by atoms with Gasteiger partial charge in [-0.15, -0.1) is 0 Å². The minimum Gasteiger partial charge on any atom is -0.496 e. The number of nitrogens with zero attached hydrogens (tertiary/aromatic N) is 2. The van der Waals surface area contributed by atoms with Gasteiger partial charge in [0.05, 0.1) is 33.5 Å². The number of aromatic amines is 1. The third-order valence-electron chi connectivity index (χ3n) is 3.72. The van der Waals surface area contributed by atoms with Crippen molar-refractivity contribution >= 4 is 5.82 Å². The highest BCUT2D eigenvalue weighted by Gasteiger charge is 2.29. The molecule has 0 aliphatic carbocycles. The van der Waals surface area contributed by atoms with Gasteiger partial charge in [0.15, 0.2) is 5.56 Å². The zero-order valence-corrected chi connectivity index (χ0v) is 15.0. The third-order valence-corrected chi connectivity index (χ3v) is 3.72. The van der Waals surface area contributed by atoms with Crippen LogP contribution in [0.4, 0.5) is 5.82 Å². The number of nitrogen functional groups attached to an aromatic ring is 1. The summed E-state index contributed by atoms with van der Waals surface area (Å²) in [6, 6.07) is 7.37. The van der Waals surface area contributed by atoms with Gasteiger partial charge in [-0.25, -0.2) is 4.98 Å². The molecule has 0 saturated heterocycles. The van der Waals surface area contributed by atoms with Gasteiger partial charge in [0.1, 0.15) is 35.0 Å². The summed E-state index contributed by atoms with van der Waals surface area (Å²) in [7, 11) is 4.45. The Morgan fingerprint density at radius 3 is 1.96 bits per heavy atom. The van der Waals surface area contributed by atoms with E-state index in [-0.39, 0.29) is 28.4 Å². The van der Waals surface area contributed by atoms with Crippen molar-refractivity contribution in [2.24, 2.45) is 0 Å². The van der Waals surface area contributed by atoms with Crippen LogP contribution >= 0.6 is 0 Å². The highest BCUT2D eigenvalue weighted by molar-refractivity contribution is 5.88. The molecule has 0 aliphatic heterocycles. The van der Waals surface area contributed by atoms with Crippen LogP contribution in [0.1, 0.15) is 18.1 Å². The fraction of sp³-hybridized carbons (Fsp3) is 0.278. The van der Waals surface area contributed by atoms with Crippen molar-refractivity contribution < 1.29 is 23.9 Å². The van der Waals surface area contributed by atoms with E-state index >= 15 is 0 Å². The second-order valence-electron chi connectivity index (χ2n) is 5.06. The normalized spacial score (nSPS) is 9.77. The Morgan fingerprint density at radius 1 is 0.962 bits per heavy atom. The topological polar surface area (TPSA) is 125 Å². The quantitative estimate of drug-likeness (QED) is 0.839. The number of methoxy groups -OCH3 is 3. The number of rotatable bonds is 6. The molecule has 2 aromatic rings. The molecule has 0 fully saturated rings. The van der Waals surface area contributed by atoms with Gasteiger partial charge >= 0.3 is 5.88 Å². The lowest BCUT2D eigenvalue weighted by atomic mass is 9.94. The Bertz CT molecular complexity index is 888. The van der Waals surface area contributed by atoms with Crippen molar-refractivity contribution in [1.82, 2.24) is 0 Å². The zero-order chi connectivity index (χ0) is 19.3. The summed E-state index contributed by atoms with van der Waals surface area (Å²) in [4.78, 5) is 2.76. The SMILES string of the molecule is CCOc1[nH+]c(N)c(C#N)c(-c2c(OC)cc(OC)cc2OC)c1C#N. The minimum absolute atomic E-state index is 0.0740. The molecule has 1 aromatic heterocycles. The average Bonchev–Trinajstić information content (AvgIpc) is 2.66. The van der Waals surface area contributed by atoms with E-state index in [1.807, 2.05) is 6.07 Å². The first-order valence-corrected chi connectivity index (χ1v) is 7.68. The highest BCUT2D eigenvalue weighted by atomic mass is 16.5. The molecule has 26 heavy (non-hydrogen) atoms. The molecule has 1 heterocycles. The Labute approximate surface area is 151 Å². The Balaban J connectivity index is 3.01. The van der Waals surface area contributed by atoms with Crippen molar-refractivity contribution in [3.05, 3.63) is 23.3 Å². The molecule has 0 saturated carbocycles. The standard InChI is InChI=1S/C18H18N4O4/c1-5-26-18-12(9-20)15(11(8-19)17(21)22-18)16-13(24-3)6-10(23-2)7-14(16)25-4/h6-7H,5H2,1-4H3,(H2,21,22)/p+1. The second kappa shape index (κ2) is 7.95. The van der Waals surface area contributed by atoms with Gasteiger partial charge in [-0.1, -0.05) is 0 Å². The van der Waals surface area contributed by atoms with Crippen molar-refractivity contribution in [1.29, 1.82) is 10.5 Å².